The molecule has 0 aromatic heterocycles. The Labute approximate surface area is 62.0 Å². The summed E-state index contributed by atoms with van der Waals surface area (Å²) >= 11 is 0. The molecule has 0 atom stereocenters. The molecular weight excluding hydrogens is 132 g/mol. The molecular formula is C7H16O3. The Morgan fingerprint density at radius 2 is 1.90 bits per heavy atom. The second kappa shape index (κ2) is 8.88. The highest BCUT2D eigenvalue weighted by Gasteiger charge is 1.85. The Bertz CT molecular complexity index is 48.8. The molecule has 0 aliphatic heterocycles. The number of hydrogen-bond acceptors (Lipinski definition) is 3. The van der Waals surface area contributed by atoms with Crippen LogP contribution < -0.4 is 0 Å². The summed E-state index contributed by atoms with van der Waals surface area (Å²) in [6, 6.07) is 0. The van der Waals surface area contributed by atoms with E-state index in [9.17, 15) is 0 Å². The van der Waals surface area contributed by atoms with Crippen LogP contribution >= 0.6 is 0 Å². The fourth-order valence-electron chi connectivity index (χ4n) is 0.488. The van der Waals surface area contributed by atoms with Crippen molar-refractivity contribution in [1.82, 2.24) is 0 Å². The monoisotopic (exact) mass is 148 g/mol. The van der Waals surface area contributed by atoms with Crippen LogP contribution in [0.1, 0.15) is 19.8 Å². The fraction of sp³-hybridized carbons (Fsp3) is 1.00. The van der Waals surface area contributed by atoms with Gasteiger partial charge < -0.3 is 14.6 Å². The van der Waals surface area contributed by atoms with Gasteiger partial charge in [0.25, 0.3) is 0 Å². The fourth-order valence-corrected chi connectivity index (χ4v) is 0.488. The molecule has 0 amide bonds. The van der Waals surface area contributed by atoms with Crippen LogP contribution in [0.15, 0.2) is 0 Å². The van der Waals surface area contributed by atoms with Gasteiger partial charge in [0.15, 0.2) is 0 Å². The lowest BCUT2D eigenvalue weighted by molar-refractivity contribution is -0.0561. The van der Waals surface area contributed by atoms with Crippen molar-refractivity contribution in [1.29, 1.82) is 0 Å². The first-order chi connectivity index (χ1) is 4.91. The molecule has 0 spiro atoms. The third kappa shape index (κ3) is 7.88. The zero-order valence-corrected chi connectivity index (χ0v) is 6.51. The minimum atomic E-state index is 0.188. The summed E-state index contributed by atoms with van der Waals surface area (Å²) < 4.78 is 10.0. The summed E-state index contributed by atoms with van der Waals surface area (Å²) in [5.41, 5.74) is 0. The van der Waals surface area contributed by atoms with E-state index in [0.29, 0.717) is 19.8 Å². The van der Waals surface area contributed by atoms with E-state index in [1.807, 2.05) is 6.92 Å². The van der Waals surface area contributed by atoms with Crippen LogP contribution in [0.4, 0.5) is 0 Å². The Balaban J connectivity index is 2.65. The molecule has 62 valence electrons. The predicted octanol–water partition coefficient (Wildman–Crippen LogP) is 0.769. The molecule has 1 N–H and O–H groups in total. The highest BCUT2D eigenvalue weighted by atomic mass is 16.7. The van der Waals surface area contributed by atoms with Crippen LogP contribution in [0.5, 0.6) is 0 Å². The van der Waals surface area contributed by atoms with Crippen molar-refractivity contribution in [2.75, 3.05) is 26.6 Å². The molecule has 0 fully saturated rings. The molecule has 0 aliphatic rings. The SMILES string of the molecule is CCCOCOCCCO. The van der Waals surface area contributed by atoms with Crippen LogP contribution in [0.2, 0.25) is 0 Å². The molecule has 0 rings (SSSR count). The molecule has 0 saturated heterocycles. The van der Waals surface area contributed by atoms with Crippen molar-refractivity contribution in [2.24, 2.45) is 0 Å². The topological polar surface area (TPSA) is 38.7 Å². The number of aliphatic hydroxyl groups excluding tert-OH is 1. The molecule has 0 aliphatic carbocycles. The van der Waals surface area contributed by atoms with Gasteiger partial charge in [-0.3, -0.25) is 0 Å². The van der Waals surface area contributed by atoms with Crippen molar-refractivity contribution in [3.05, 3.63) is 0 Å². The minimum Gasteiger partial charge on any atom is -0.396 e. The lowest BCUT2D eigenvalue weighted by Gasteiger charge is -2.02. The highest BCUT2D eigenvalue weighted by Crippen LogP contribution is 1.84. The van der Waals surface area contributed by atoms with E-state index < -0.39 is 0 Å². The molecule has 0 radical (unpaired) electrons. The van der Waals surface area contributed by atoms with E-state index in [1.165, 1.54) is 0 Å². The van der Waals surface area contributed by atoms with Crippen molar-refractivity contribution in [3.8, 4) is 0 Å². The van der Waals surface area contributed by atoms with E-state index >= 15 is 0 Å². The van der Waals surface area contributed by atoms with E-state index in [0.717, 1.165) is 13.0 Å². The molecule has 0 bridgehead atoms. The maximum Gasteiger partial charge on any atom is 0.146 e. The smallest absolute Gasteiger partial charge is 0.146 e. The molecule has 3 heteroatoms. The first-order valence-electron chi connectivity index (χ1n) is 3.68. The number of rotatable bonds is 7. The first kappa shape index (κ1) is 9.88. The highest BCUT2D eigenvalue weighted by molar-refractivity contribution is 4.28. The van der Waals surface area contributed by atoms with Crippen molar-refractivity contribution >= 4 is 0 Å². The largest absolute Gasteiger partial charge is 0.396 e. The second-order valence-electron chi connectivity index (χ2n) is 2.01. The maximum absolute atomic E-state index is 8.35. The molecule has 3 nitrogen and oxygen atoms in total. The van der Waals surface area contributed by atoms with Gasteiger partial charge in [-0.05, 0) is 12.8 Å². The Morgan fingerprint density at radius 3 is 2.50 bits per heavy atom. The van der Waals surface area contributed by atoms with Crippen molar-refractivity contribution in [2.45, 2.75) is 19.8 Å². The van der Waals surface area contributed by atoms with Crippen molar-refractivity contribution < 1.29 is 14.6 Å². The first-order valence-corrected chi connectivity index (χ1v) is 3.68. The summed E-state index contributed by atoms with van der Waals surface area (Å²) in [6.45, 7) is 3.93. The van der Waals surface area contributed by atoms with Gasteiger partial charge in [-0.25, -0.2) is 0 Å². The van der Waals surface area contributed by atoms with Crippen LogP contribution in [0.3, 0.4) is 0 Å². The average molecular weight is 148 g/mol. The summed E-state index contributed by atoms with van der Waals surface area (Å²) in [4.78, 5) is 0. The van der Waals surface area contributed by atoms with E-state index in [-0.39, 0.29) is 6.61 Å². The lowest BCUT2D eigenvalue weighted by Crippen LogP contribution is -2.03. The van der Waals surface area contributed by atoms with Gasteiger partial charge in [-0.15, -0.1) is 0 Å². The summed E-state index contributed by atoms with van der Waals surface area (Å²) in [7, 11) is 0. The van der Waals surface area contributed by atoms with Gasteiger partial charge in [0.05, 0.1) is 6.61 Å². The van der Waals surface area contributed by atoms with Gasteiger partial charge in [0.2, 0.25) is 0 Å². The zero-order chi connectivity index (χ0) is 7.66. The maximum atomic E-state index is 8.35. The Kier molecular flexibility index (Phi) is 8.77. The number of hydrogen-bond donors (Lipinski definition) is 1. The van der Waals surface area contributed by atoms with Gasteiger partial charge in [-0.1, -0.05) is 6.92 Å². The number of aliphatic hydroxyl groups is 1. The van der Waals surface area contributed by atoms with Gasteiger partial charge in [0.1, 0.15) is 6.79 Å². The lowest BCUT2D eigenvalue weighted by atomic mass is 10.5. The van der Waals surface area contributed by atoms with E-state index in [2.05, 4.69) is 0 Å². The minimum absolute atomic E-state index is 0.188. The van der Waals surface area contributed by atoms with E-state index in [1.54, 1.807) is 0 Å². The van der Waals surface area contributed by atoms with Crippen LogP contribution in [0.25, 0.3) is 0 Å². The summed E-state index contributed by atoms with van der Waals surface area (Å²) in [5, 5.41) is 8.35. The van der Waals surface area contributed by atoms with Gasteiger partial charge in [-0.2, -0.15) is 0 Å². The van der Waals surface area contributed by atoms with Gasteiger partial charge in [0, 0.05) is 13.2 Å². The molecule has 0 aromatic rings. The quantitative estimate of drug-likeness (QED) is 0.428. The summed E-state index contributed by atoms with van der Waals surface area (Å²) in [5.74, 6) is 0. The van der Waals surface area contributed by atoms with Crippen LogP contribution in [0, 0.1) is 0 Å². The Hall–Kier alpha value is -0.120. The standard InChI is InChI=1S/C7H16O3/c1-2-5-9-7-10-6-3-4-8/h8H,2-7H2,1H3. The normalized spacial score (nSPS) is 10.2. The predicted molar refractivity (Wildman–Crippen MR) is 38.8 cm³/mol. The Morgan fingerprint density at radius 1 is 1.20 bits per heavy atom. The van der Waals surface area contributed by atoms with Gasteiger partial charge >= 0.3 is 0 Å². The molecule has 10 heavy (non-hydrogen) atoms. The second-order valence-corrected chi connectivity index (χ2v) is 2.01. The molecule has 0 heterocycles. The van der Waals surface area contributed by atoms with Crippen LogP contribution in [-0.4, -0.2) is 31.7 Å². The molecule has 0 aromatic carbocycles. The third-order valence-electron chi connectivity index (χ3n) is 0.962. The molecule has 0 unspecified atom stereocenters. The molecule has 0 saturated carbocycles. The van der Waals surface area contributed by atoms with Crippen molar-refractivity contribution in [3.63, 3.8) is 0 Å². The average Bonchev–Trinajstić information content (AvgIpc) is 1.97. The third-order valence-corrected chi connectivity index (χ3v) is 0.962. The van der Waals surface area contributed by atoms with Crippen LogP contribution in [-0.2, 0) is 9.47 Å². The zero-order valence-electron chi connectivity index (χ0n) is 6.51. The number of ether oxygens (including phenoxy) is 2. The summed E-state index contributed by atoms with van der Waals surface area (Å²) in [6.07, 6.45) is 1.71. The van der Waals surface area contributed by atoms with E-state index in [4.69, 9.17) is 14.6 Å².